The van der Waals surface area contributed by atoms with Crippen molar-refractivity contribution in [2.24, 2.45) is 5.16 Å². The molecule has 0 aliphatic carbocycles. The van der Waals surface area contributed by atoms with Gasteiger partial charge in [-0.2, -0.15) is 0 Å². The molecule has 0 saturated heterocycles. The molecular formula is C15H12ClN3O. The van der Waals surface area contributed by atoms with Crippen molar-refractivity contribution in [3.8, 4) is 0 Å². The Morgan fingerprint density at radius 2 is 1.80 bits per heavy atom. The van der Waals surface area contributed by atoms with Crippen molar-refractivity contribution in [3.05, 3.63) is 66.0 Å². The van der Waals surface area contributed by atoms with Crippen molar-refractivity contribution >= 4 is 28.5 Å². The SMILES string of the molecule is ON=C(c1ccccc1)n1c(CCl)nc2ccccc21. The molecule has 0 radical (unpaired) electrons. The molecule has 0 aliphatic heterocycles. The van der Waals surface area contributed by atoms with Crippen molar-refractivity contribution in [1.82, 2.24) is 9.55 Å². The zero-order valence-corrected chi connectivity index (χ0v) is 11.3. The summed E-state index contributed by atoms with van der Waals surface area (Å²) in [6, 6.07) is 17.1. The van der Waals surface area contributed by atoms with Gasteiger partial charge in [0.25, 0.3) is 0 Å². The van der Waals surface area contributed by atoms with E-state index in [4.69, 9.17) is 11.6 Å². The highest BCUT2D eigenvalue weighted by Gasteiger charge is 2.16. The number of benzene rings is 2. The predicted octanol–water partition coefficient (Wildman–Crippen LogP) is 3.46. The first-order valence-corrected chi connectivity index (χ1v) is 6.69. The average Bonchev–Trinajstić information content (AvgIpc) is 2.88. The molecule has 0 atom stereocenters. The number of nitrogens with zero attached hydrogens (tertiary/aromatic N) is 3. The molecule has 0 saturated carbocycles. The minimum atomic E-state index is 0.237. The lowest BCUT2D eigenvalue weighted by Crippen LogP contribution is -2.16. The molecule has 0 amide bonds. The van der Waals surface area contributed by atoms with Gasteiger partial charge in [0.05, 0.1) is 16.9 Å². The van der Waals surface area contributed by atoms with Gasteiger partial charge in [-0.3, -0.25) is 4.57 Å². The Bertz CT molecular complexity index is 765. The fourth-order valence-corrected chi connectivity index (χ4v) is 2.40. The Morgan fingerprint density at radius 3 is 2.50 bits per heavy atom. The molecule has 1 heterocycles. The highest BCUT2D eigenvalue weighted by molar-refractivity contribution is 6.17. The second-order valence-corrected chi connectivity index (χ2v) is 4.54. The molecule has 1 N–H and O–H groups in total. The first kappa shape index (κ1) is 12.7. The van der Waals surface area contributed by atoms with Crippen LogP contribution < -0.4 is 0 Å². The molecule has 100 valence electrons. The van der Waals surface area contributed by atoms with E-state index in [1.807, 2.05) is 54.6 Å². The molecule has 0 unspecified atom stereocenters. The van der Waals surface area contributed by atoms with Crippen LogP contribution in [0.2, 0.25) is 0 Å². The summed E-state index contributed by atoms with van der Waals surface area (Å²) >= 11 is 5.97. The van der Waals surface area contributed by atoms with Gasteiger partial charge in [-0.15, -0.1) is 11.6 Å². The van der Waals surface area contributed by atoms with E-state index in [1.54, 1.807) is 4.57 Å². The number of rotatable bonds is 2. The lowest BCUT2D eigenvalue weighted by Gasteiger charge is -2.09. The topological polar surface area (TPSA) is 50.4 Å². The van der Waals surface area contributed by atoms with Gasteiger partial charge < -0.3 is 5.21 Å². The number of imidazole rings is 1. The standard InChI is InChI=1S/C15H12ClN3O/c16-10-14-17-12-8-4-5-9-13(12)19(14)15(18-20)11-6-2-1-3-7-11/h1-9,20H,10H2. The third-order valence-electron chi connectivity index (χ3n) is 3.09. The molecule has 20 heavy (non-hydrogen) atoms. The van der Waals surface area contributed by atoms with Crippen molar-refractivity contribution in [3.63, 3.8) is 0 Å². The van der Waals surface area contributed by atoms with Crippen LogP contribution in [-0.2, 0) is 5.88 Å². The monoisotopic (exact) mass is 285 g/mol. The predicted molar refractivity (Wildman–Crippen MR) is 79.5 cm³/mol. The fourth-order valence-electron chi connectivity index (χ4n) is 2.22. The highest BCUT2D eigenvalue weighted by atomic mass is 35.5. The van der Waals surface area contributed by atoms with Crippen LogP contribution in [-0.4, -0.2) is 20.6 Å². The number of hydrogen-bond donors (Lipinski definition) is 1. The zero-order chi connectivity index (χ0) is 13.9. The Kier molecular flexibility index (Phi) is 3.39. The Labute approximate surface area is 120 Å². The summed E-state index contributed by atoms with van der Waals surface area (Å²) < 4.78 is 1.78. The normalized spacial score (nSPS) is 11.9. The van der Waals surface area contributed by atoms with Crippen LogP contribution in [0.4, 0.5) is 0 Å². The van der Waals surface area contributed by atoms with Gasteiger partial charge in [-0.25, -0.2) is 4.98 Å². The van der Waals surface area contributed by atoms with Crippen LogP contribution in [0, 0.1) is 0 Å². The van der Waals surface area contributed by atoms with Gasteiger partial charge in [-0.1, -0.05) is 47.6 Å². The molecule has 3 rings (SSSR count). The molecule has 3 aromatic rings. The second-order valence-electron chi connectivity index (χ2n) is 4.28. The number of alkyl halides is 1. The van der Waals surface area contributed by atoms with Crippen LogP contribution in [0.3, 0.4) is 0 Å². The fraction of sp³-hybridized carbons (Fsp3) is 0.0667. The third-order valence-corrected chi connectivity index (χ3v) is 3.33. The second kappa shape index (κ2) is 5.35. The quantitative estimate of drug-likeness (QED) is 0.258. The lowest BCUT2D eigenvalue weighted by atomic mass is 10.2. The molecule has 1 aromatic heterocycles. The lowest BCUT2D eigenvalue weighted by molar-refractivity contribution is 0.317. The summed E-state index contributed by atoms with van der Waals surface area (Å²) in [6.45, 7) is 0. The summed E-state index contributed by atoms with van der Waals surface area (Å²) in [4.78, 5) is 4.46. The summed E-state index contributed by atoms with van der Waals surface area (Å²) in [6.07, 6.45) is 0. The van der Waals surface area contributed by atoms with E-state index < -0.39 is 0 Å². The zero-order valence-electron chi connectivity index (χ0n) is 10.6. The largest absolute Gasteiger partial charge is 0.409 e. The molecular weight excluding hydrogens is 274 g/mol. The van der Waals surface area contributed by atoms with E-state index in [-0.39, 0.29) is 5.88 Å². The van der Waals surface area contributed by atoms with E-state index in [0.717, 1.165) is 16.6 Å². The van der Waals surface area contributed by atoms with Gasteiger partial charge in [0, 0.05) is 5.56 Å². The molecule has 0 aliphatic rings. The van der Waals surface area contributed by atoms with Crippen LogP contribution in [0.25, 0.3) is 11.0 Å². The Morgan fingerprint density at radius 1 is 1.10 bits per heavy atom. The first-order chi connectivity index (χ1) is 9.85. The van der Waals surface area contributed by atoms with Crippen molar-refractivity contribution < 1.29 is 5.21 Å². The number of fused-ring (bicyclic) bond motifs is 1. The van der Waals surface area contributed by atoms with E-state index >= 15 is 0 Å². The summed E-state index contributed by atoms with van der Waals surface area (Å²) in [5.41, 5.74) is 2.48. The van der Waals surface area contributed by atoms with E-state index in [9.17, 15) is 5.21 Å². The molecule has 2 aromatic carbocycles. The van der Waals surface area contributed by atoms with Crippen LogP contribution in [0.1, 0.15) is 11.4 Å². The average molecular weight is 286 g/mol. The maximum absolute atomic E-state index is 9.43. The highest BCUT2D eigenvalue weighted by Crippen LogP contribution is 2.19. The molecule has 0 spiro atoms. The van der Waals surface area contributed by atoms with Crippen molar-refractivity contribution in [1.29, 1.82) is 0 Å². The minimum absolute atomic E-state index is 0.237. The van der Waals surface area contributed by atoms with Crippen LogP contribution in [0.15, 0.2) is 59.8 Å². The molecule has 0 fully saturated rings. The van der Waals surface area contributed by atoms with Gasteiger partial charge in [0.1, 0.15) is 5.82 Å². The maximum atomic E-state index is 9.43. The van der Waals surface area contributed by atoms with Gasteiger partial charge in [-0.05, 0) is 12.1 Å². The van der Waals surface area contributed by atoms with Gasteiger partial charge >= 0.3 is 0 Å². The maximum Gasteiger partial charge on any atom is 0.185 e. The van der Waals surface area contributed by atoms with E-state index in [1.165, 1.54) is 0 Å². The summed E-state index contributed by atoms with van der Waals surface area (Å²) in [5.74, 6) is 1.29. The molecule has 4 nitrogen and oxygen atoms in total. The molecule has 0 bridgehead atoms. The number of para-hydroxylation sites is 2. The van der Waals surface area contributed by atoms with Gasteiger partial charge in [0.15, 0.2) is 5.84 Å². The number of aromatic nitrogens is 2. The minimum Gasteiger partial charge on any atom is -0.409 e. The first-order valence-electron chi connectivity index (χ1n) is 6.15. The Hall–Kier alpha value is -2.33. The number of oxime groups is 1. The van der Waals surface area contributed by atoms with Crippen molar-refractivity contribution in [2.45, 2.75) is 5.88 Å². The van der Waals surface area contributed by atoms with Gasteiger partial charge in [0.2, 0.25) is 0 Å². The van der Waals surface area contributed by atoms with Crippen LogP contribution in [0.5, 0.6) is 0 Å². The van der Waals surface area contributed by atoms with Crippen molar-refractivity contribution in [2.75, 3.05) is 0 Å². The third kappa shape index (κ3) is 2.04. The van der Waals surface area contributed by atoms with E-state index in [0.29, 0.717) is 11.7 Å². The smallest absolute Gasteiger partial charge is 0.185 e. The number of halogens is 1. The summed E-state index contributed by atoms with van der Waals surface area (Å²) in [5, 5.41) is 12.9. The number of hydrogen-bond acceptors (Lipinski definition) is 3. The van der Waals surface area contributed by atoms with Crippen LogP contribution >= 0.6 is 11.6 Å². The summed E-state index contributed by atoms with van der Waals surface area (Å²) in [7, 11) is 0. The Balaban J connectivity index is 2.27. The van der Waals surface area contributed by atoms with E-state index in [2.05, 4.69) is 10.1 Å². The molecule has 5 heteroatoms.